The first-order valence-corrected chi connectivity index (χ1v) is 6.31. The van der Waals surface area contributed by atoms with E-state index < -0.39 is 0 Å². The Bertz CT molecular complexity index is 337. The molecule has 2 fully saturated rings. The fourth-order valence-electron chi connectivity index (χ4n) is 2.65. The van der Waals surface area contributed by atoms with E-state index in [9.17, 15) is 0 Å². The minimum atomic E-state index is 0. The number of piperazine rings is 1. The van der Waals surface area contributed by atoms with Crippen molar-refractivity contribution in [3.05, 3.63) is 30.1 Å². The summed E-state index contributed by atoms with van der Waals surface area (Å²) in [7, 11) is 0. The van der Waals surface area contributed by atoms with Crippen LogP contribution in [0, 0.1) is 5.92 Å². The second kappa shape index (κ2) is 7.29. The molecule has 3 rings (SSSR count). The molecule has 102 valence electrons. The van der Waals surface area contributed by atoms with Crippen LogP contribution in [0.25, 0.3) is 0 Å². The standard InChI is InChI=1S/C13H19N3.2ClH/c1-2-6-15-12(3-1)13(11-4-5-11)16-9-7-14-8-10-16;;/h1-3,6,11,13-14H,4-5,7-10H2;2*1H/t13-;;/m1../s1. The highest BCUT2D eigenvalue weighted by atomic mass is 35.5. The molecule has 1 aliphatic carbocycles. The van der Waals surface area contributed by atoms with Gasteiger partial charge in [0.15, 0.2) is 0 Å². The van der Waals surface area contributed by atoms with Crippen LogP contribution in [0.15, 0.2) is 24.4 Å². The number of hydrogen-bond donors (Lipinski definition) is 1. The fourth-order valence-corrected chi connectivity index (χ4v) is 2.65. The predicted molar refractivity (Wildman–Crippen MR) is 78.6 cm³/mol. The highest BCUT2D eigenvalue weighted by molar-refractivity contribution is 5.85. The van der Waals surface area contributed by atoms with Crippen molar-refractivity contribution in [3.8, 4) is 0 Å². The van der Waals surface area contributed by atoms with E-state index in [1.54, 1.807) is 0 Å². The first-order chi connectivity index (χ1) is 7.95. The monoisotopic (exact) mass is 289 g/mol. The van der Waals surface area contributed by atoms with Gasteiger partial charge in [-0.3, -0.25) is 9.88 Å². The first-order valence-electron chi connectivity index (χ1n) is 6.31. The molecule has 0 unspecified atom stereocenters. The lowest BCUT2D eigenvalue weighted by Crippen LogP contribution is -2.45. The molecule has 0 spiro atoms. The molecule has 0 radical (unpaired) electrons. The van der Waals surface area contributed by atoms with Gasteiger partial charge in [0.1, 0.15) is 0 Å². The molecule has 18 heavy (non-hydrogen) atoms. The maximum atomic E-state index is 4.55. The van der Waals surface area contributed by atoms with Crippen LogP contribution in [0.1, 0.15) is 24.6 Å². The van der Waals surface area contributed by atoms with Gasteiger partial charge in [0.2, 0.25) is 0 Å². The Morgan fingerprint density at radius 1 is 1.17 bits per heavy atom. The number of hydrogen-bond acceptors (Lipinski definition) is 3. The Hall–Kier alpha value is -0.350. The Kier molecular flexibility index (Phi) is 6.36. The minimum Gasteiger partial charge on any atom is -0.314 e. The van der Waals surface area contributed by atoms with Crippen molar-refractivity contribution in [3.63, 3.8) is 0 Å². The average molecular weight is 290 g/mol. The Morgan fingerprint density at radius 2 is 1.89 bits per heavy atom. The van der Waals surface area contributed by atoms with Crippen LogP contribution in [0.2, 0.25) is 0 Å². The normalized spacial score (nSPS) is 21.6. The lowest BCUT2D eigenvalue weighted by Gasteiger charge is -2.34. The van der Waals surface area contributed by atoms with Crippen LogP contribution < -0.4 is 5.32 Å². The van der Waals surface area contributed by atoms with Crippen molar-refractivity contribution in [1.82, 2.24) is 15.2 Å². The molecule has 2 aliphatic rings. The van der Waals surface area contributed by atoms with Crippen molar-refractivity contribution < 1.29 is 0 Å². The van der Waals surface area contributed by atoms with Gasteiger partial charge in [-0.15, -0.1) is 24.8 Å². The van der Waals surface area contributed by atoms with Gasteiger partial charge in [0.25, 0.3) is 0 Å². The van der Waals surface area contributed by atoms with E-state index in [2.05, 4.69) is 27.3 Å². The van der Waals surface area contributed by atoms with Gasteiger partial charge in [-0.05, 0) is 30.9 Å². The van der Waals surface area contributed by atoms with Crippen LogP contribution in [0.5, 0.6) is 0 Å². The molecule has 1 aromatic rings. The van der Waals surface area contributed by atoms with Gasteiger partial charge < -0.3 is 5.32 Å². The number of halogens is 2. The zero-order valence-corrected chi connectivity index (χ0v) is 12.1. The molecule has 1 saturated heterocycles. The SMILES string of the molecule is Cl.Cl.c1ccc([C@@H](C2CC2)N2CCNCC2)nc1. The van der Waals surface area contributed by atoms with Crippen molar-refractivity contribution in [2.75, 3.05) is 26.2 Å². The molecule has 1 atom stereocenters. The molecule has 0 amide bonds. The molecule has 0 aromatic carbocycles. The van der Waals surface area contributed by atoms with Gasteiger partial charge in [0, 0.05) is 32.4 Å². The number of pyridine rings is 1. The largest absolute Gasteiger partial charge is 0.314 e. The fraction of sp³-hybridized carbons (Fsp3) is 0.615. The van der Waals surface area contributed by atoms with Crippen molar-refractivity contribution >= 4 is 24.8 Å². The summed E-state index contributed by atoms with van der Waals surface area (Å²) in [5, 5.41) is 3.42. The van der Waals surface area contributed by atoms with Gasteiger partial charge >= 0.3 is 0 Å². The molecule has 1 aliphatic heterocycles. The van der Waals surface area contributed by atoms with Crippen LogP contribution >= 0.6 is 24.8 Å². The topological polar surface area (TPSA) is 28.2 Å². The van der Waals surface area contributed by atoms with Crippen LogP contribution in [0.4, 0.5) is 0 Å². The Morgan fingerprint density at radius 3 is 2.44 bits per heavy atom. The molecule has 1 aromatic heterocycles. The van der Waals surface area contributed by atoms with Crippen LogP contribution in [-0.2, 0) is 0 Å². The maximum Gasteiger partial charge on any atom is 0.0578 e. The molecular formula is C13H21Cl2N3. The molecule has 1 saturated carbocycles. The van der Waals surface area contributed by atoms with Crippen LogP contribution in [-0.4, -0.2) is 36.1 Å². The Balaban J connectivity index is 0.000000810. The van der Waals surface area contributed by atoms with Crippen molar-refractivity contribution in [2.24, 2.45) is 5.92 Å². The summed E-state index contributed by atoms with van der Waals surface area (Å²) in [5.41, 5.74) is 1.27. The molecule has 0 bridgehead atoms. The lowest BCUT2D eigenvalue weighted by atomic mass is 10.1. The van der Waals surface area contributed by atoms with Gasteiger partial charge in [-0.2, -0.15) is 0 Å². The van der Waals surface area contributed by atoms with Crippen LogP contribution in [0.3, 0.4) is 0 Å². The highest BCUT2D eigenvalue weighted by Crippen LogP contribution is 2.43. The van der Waals surface area contributed by atoms with Gasteiger partial charge in [-0.25, -0.2) is 0 Å². The maximum absolute atomic E-state index is 4.55. The van der Waals surface area contributed by atoms with E-state index >= 15 is 0 Å². The summed E-state index contributed by atoms with van der Waals surface area (Å²) < 4.78 is 0. The number of nitrogens with zero attached hydrogens (tertiary/aromatic N) is 2. The molecule has 1 N–H and O–H groups in total. The van der Waals surface area contributed by atoms with E-state index in [1.807, 2.05) is 12.3 Å². The van der Waals surface area contributed by atoms with E-state index in [1.165, 1.54) is 18.5 Å². The predicted octanol–water partition coefficient (Wildman–Crippen LogP) is 2.28. The molecule has 2 heterocycles. The van der Waals surface area contributed by atoms with E-state index in [0.29, 0.717) is 6.04 Å². The van der Waals surface area contributed by atoms with Crippen molar-refractivity contribution in [2.45, 2.75) is 18.9 Å². The summed E-state index contributed by atoms with van der Waals surface area (Å²) in [4.78, 5) is 7.16. The second-order valence-electron chi connectivity index (χ2n) is 4.82. The van der Waals surface area contributed by atoms with E-state index in [-0.39, 0.29) is 24.8 Å². The second-order valence-corrected chi connectivity index (χ2v) is 4.82. The summed E-state index contributed by atoms with van der Waals surface area (Å²) in [5.74, 6) is 0.855. The highest BCUT2D eigenvalue weighted by Gasteiger charge is 2.37. The summed E-state index contributed by atoms with van der Waals surface area (Å²) in [6.45, 7) is 4.57. The molecule has 3 nitrogen and oxygen atoms in total. The Labute approximate surface area is 121 Å². The summed E-state index contributed by atoms with van der Waals surface area (Å²) in [6.07, 6.45) is 4.68. The quantitative estimate of drug-likeness (QED) is 0.925. The number of aromatic nitrogens is 1. The smallest absolute Gasteiger partial charge is 0.0578 e. The minimum absolute atomic E-state index is 0. The van der Waals surface area contributed by atoms with Gasteiger partial charge in [-0.1, -0.05) is 6.07 Å². The zero-order valence-electron chi connectivity index (χ0n) is 10.4. The third-order valence-electron chi connectivity index (χ3n) is 3.60. The number of nitrogens with one attached hydrogen (secondary N) is 1. The lowest BCUT2D eigenvalue weighted by molar-refractivity contribution is 0.153. The van der Waals surface area contributed by atoms with Crippen molar-refractivity contribution in [1.29, 1.82) is 0 Å². The summed E-state index contributed by atoms with van der Waals surface area (Å²) >= 11 is 0. The number of rotatable bonds is 3. The van der Waals surface area contributed by atoms with E-state index in [4.69, 9.17) is 0 Å². The first kappa shape index (κ1) is 15.7. The zero-order chi connectivity index (χ0) is 10.8. The summed E-state index contributed by atoms with van der Waals surface area (Å²) in [6, 6.07) is 6.87. The molecular weight excluding hydrogens is 269 g/mol. The average Bonchev–Trinajstić information content (AvgIpc) is 3.17. The van der Waals surface area contributed by atoms with E-state index in [0.717, 1.165) is 32.1 Å². The van der Waals surface area contributed by atoms with Gasteiger partial charge in [0.05, 0.1) is 11.7 Å². The third-order valence-corrected chi connectivity index (χ3v) is 3.60. The third kappa shape index (κ3) is 3.58. The molecule has 5 heteroatoms.